The number of nitrogens with zero attached hydrogens (tertiary/aromatic N) is 2. The van der Waals surface area contributed by atoms with Gasteiger partial charge in [0.2, 0.25) is 0 Å². The Balaban J connectivity index is 1.58. The summed E-state index contributed by atoms with van der Waals surface area (Å²) >= 11 is 0. The van der Waals surface area contributed by atoms with Gasteiger partial charge >= 0.3 is 0 Å². The van der Waals surface area contributed by atoms with Crippen LogP contribution in [0.3, 0.4) is 0 Å². The number of halogens is 1. The van der Waals surface area contributed by atoms with Crippen LogP contribution in [0.4, 0.5) is 4.39 Å². The van der Waals surface area contributed by atoms with Gasteiger partial charge in [-0.15, -0.1) is 0 Å². The lowest BCUT2D eigenvalue weighted by Gasteiger charge is -2.15. The molecule has 0 amide bonds. The van der Waals surface area contributed by atoms with Gasteiger partial charge in [-0.1, -0.05) is 12.1 Å². The third kappa shape index (κ3) is 6.02. The van der Waals surface area contributed by atoms with Crippen LogP contribution in [0.15, 0.2) is 29.3 Å². The number of likely N-dealkylation sites (tertiary alicyclic amines) is 1. The summed E-state index contributed by atoms with van der Waals surface area (Å²) in [6.07, 6.45) is 5.06. The van der Waals surface area contributed by atoms with Crippen LogP contribution in [0.1, 0.15) is 31.2 Å². The molecule has 0 aliphatic carbocycles. The first-order valence-corrected chi connectivity index (χ1v) is 8.19. The first-order chi connectivity index (χ1) is 10.8. The number of nitrogens with one attached hydrogen (secondary N) is 2. The van der Waals surface area contributed by atoms with Crippen LogP contribution in [0.5, 0.6) is 0 Å². The third-order valence-electron chi connectivity index (χ3n) is 3.96. The van der Waals surface area contributed by atoms with E-state index in [-0.39, 0.29) is 5.82 Å². The number of rotatable bonds is 7. The second-order valence-electron chi connectivity index (χ2n) is 5.74. The van der Waals surface area contributed by atoms with Gasteiger partial charge in [-0.25, -0.2) is 4.39 Å². The van der Waals surface area contributed by atoms with Crippen molar-refractivity contribution in [3.05, 3.63) is 35.6 Å². The monoisotopic (exact) mass is 306 g/mol. The normalized spacial score (nSPS) is 16.0. The van der Waals surface area contributed by atoms with E-state index in [4.69, 9.17) is 0 Å². The van der Waals surface area contributed by atoms with Gasteiger partial charge in [-0.3, -0.25) is 4.99 Å². The zero-order valence-corrected chi connectivity index (χ0v) is 13.4. The Morgan fingerprint density at radius 2 is 2.05 bits per heavy atom. The lowest BCUT2D eigenvalue weighted by atomic mass is 10.2. The van der Waals surface area contributed by atoms with Crippen LogP contribution in [0.25, 0.3) is 0 Å². The summed E-state index contributed by atoms with van der Waals surface area (Å²) in [5.74, 6) is 0.564. The molecule has 1 saturated heterocycles. The minimum Gasteiger partial charge on any atom is -0.356 e. The van der Waals surface area contributed by atoms with Crippen molar-refractivity contribution >= 4 is 5.96 Å². The van der Waals surface area contributed by atoms with Crippen molar-refractivity contribution in [2.75, 3.05) is 33.2 Å². The van der Waals surface area contributed by atoms with Crippen LogP contribution in [0, 0.1) is 5.82 Å². The van der Waals surface area contributed by atoms with Crippen molar-refractivity contribution < 1.29 is 4.39 Å². The molecule has 5 heteroatoms. The largest absolute Gasteiger partial charge is 0.356 e. The minimum atomic E-state index is -0.204. The van der Waals surface area contributed by atoms with Gasteiger partial charge in [0.25, 0.3) is 0 Å². The second-order valence-corrected chi connectivity index (χ2v) is 5.74. The molecule has 4 nitrogen and oxygen atoms in total. The van der Waals surface area contributed by atoms with Crippen LogP contribution >= 0.6 is 0 Å². The standard InChI is InChI=1S/C17H27FN4/c1-19-17(21-14-15-7-6-8-16(18)13-15)20-9-2-3-10-22-11-4-5-12-22/h6-8,13H,2-5,9-12,14H2,1H3,(H2,19,20,21). The summed E-state index contributed by atoms with van der Waals surface area (Å²) in [6.45, 7) is 5.23. The quantitative estimate of drug-likeness (QED) is 0.461. The molecule has 0 spiro atoms. The van der Waals surface area contributed by atoms with Crippen molar-refractivity contribution in [3.8, 4) is 0 Å². The number of aliphatic imine (C=N–C) groups is 1. The maximum Gasteiger partial charge on any atom is 0.191 e. The Morgan fingerprint density at radius 1 is 1.23 bits per heavy atom. The minimum absolute atomic E-state index is 0.204. The van der Waals surface area contributed by atoms with Crippen LogP contribution in [-0.4, -0.2) is 44.1 Å². The van der Waals surface area contributed by atoms with Gasteiger partial charge in [0.15, 0.2) is 5.96 Å². The Morgan fingerprint density at radius 3 is 2.77 bits per heavy atom. The van der Waals surface area contributed by atoms with E-state index in [0.29, 0.717) is 6.54 Å². The maximum absolute atomic E-state index is 13.1. The van der Waals surface area contributed by atoms with Gasteiger partial charge in [0.1, 0.15) is 5.82 Å². The molecular weight excluding hydrogens is 279 g/mol. The fourth-order valence-corrected chi connectivity index (χ4v) is 2.73. The Kier molecular flexibility index (Phi) is 7.16. The van der Waals surface area contributed by atoms with E-state index in [1.54, 1.807) is 13.1 Å². The maximum atomic E-state index is 13.1. The van der Waals surface area contributed by atoms with Crippen molar-refractivity contribution in [3.63, 3.8) is 0 Å². The van der Waals surface area contributed by atoms with Crippen LogP contribution < -0.4 is 10.6 Å². The molecule has 1 fully saturated rings. The molecule has 1 aromatic carbocycles. The van der Waals surface area contributed by atoms with Crippen molar-refractivity contribution in [2.24, 2.45) is 4.99 Å². The number of hydrogen-bond acceptors (Lipinski definition) is 2. The molecular formula is C17H27FN4. The molecule has 0 bridgehead atoms. The molecule has 122 valence electrons. The van der Waals surface area contributed by atoms with E-state index in [9.17, 15) is 4.39 Å². The summed E-state index contributed by atoms with van der Waals surface area (Å²) in [6, 6.07) is 6.62. The average molecular weight is 306 g/mol. The summed E-state index contributed by atoms with van der Waals surface area (Å²) in [4.78, 5) is 6.73. The summed E-state index contributed by atoms with van der Waals surface area (Å²) in [5, 5.41) is 6.51. The molecule has 0 unspecified atom stereocenters. The van der Waals surface area contributed by atoms with E-state index < -0.39 is 0 Å². The Hall–Kier alpha value is -1.62. The molecule has 1 aromatic rings. The van der Waals surface area contributed by atoms with E-state index in [2.05, 4.69) is 20.5 Å². The highest BCUT2D eigenvalue weighted by Gasteiger charge is 2.10. The Bertz CT molecular complexity index is 469. The predicted molar refractivity (Wildman–Crippen MR) is 89.5 cm³/mol. The van der Waals surface area contributed by atoms with Gasteiger partial charge in [0, 0.05) is 20.1 Å². The summed E-state index contributed by atoms with van der Waals surface area (Å²) in [7, 11) is 1.76. The van der Waals surface area contributed by atoms with E-state index >= 15 is 0 Å². The summed E-state index contributed by atoms with van der Waals surface area (Å²) in [5.41, 5.74) is 0.914. The lowest BCUT2D eigenvalue weighted by Crippen LogP contribution is -2.37. The zero-order chi connectivity index (χ0) is 15.6. The average Bonchev–Trinajstić information content (AvgIpc) is 3.03. The lowest BCUT2D eigenvalue weighted by molar-refractivity contribution is 0.330. The molecule has 0 saturated carbocycles. The molecule has 22 heavy (non-hydrogen) atoms. The van der Waals surface area contributed by atoms with Gasteiger partial charge in [-0.2, -0.15) is 0 Å². The smallest absolute Gasteiger partial charge is 0.191 e. The molecule has 1 aliphatic heterocycles. The molecule has 2 N–H and O–H groups in total. The number of benzene rings is 1. The van der Waals surface area contributed by atoms with Crippen molar-refractivity contribution in [1.29, 1.82) is 0 Å². The molecule has 2 rings (SSSR count). The molecule has 0 atom stereocenters. The highest BCUT2D eigenvalue weighted by molar-refractivity contribution is 5.79. The fraction of sp³-hybridized carbons (Fsp3) is 0.588. The molecule has 1 aliphatic rings. The topological polar surface area (TPSA) is 39.7 Å². The van der Waals surface area contributed by atoms with E-state index in [1.165, 1.54) is 51.0 Å². The molecule has 0 radical (unpaired) electrons. The Labute approximate surface area is 132 Å². The highest BCUT2D eigenvalue weighted by atomic mass is 19.1. The van der Waals surface area contributed by atoms with Gasteiger partial charge in [-0.05, 0) is 63.0 Å². The number of guanidine groups is 1. The predicted octanol–water partition coefficient (Wildman–Crippen LogP) is 2.37. The fourth-order valence-electron chi connectivity index (χ4n) is 2.73. The van der Waals surface area contributed by atoms with Crippen molar-refractivity contribution in [2.45, 2.75) is 32.2 Å². The summed E-state index contributed by atoms with van der Waals surface area (Å²) < 4.78 is 13.1. The second kappa shape index (κ2) is 9.41. The van der Waals surface area contributed by atoms with E-state index in [0.717, 1.165) is 24.5 Å². The van der Waals surface area contributed by atoms with E-state index in [1.807, 2.05) is 6.07 Å². The van der Waals surface area contributed by atoms with Crippen molar-refractivity contribution in [1.82, 2.24) is 15.5 Å². The zero-order valence-electron chi connectivity index (χ0n) is 13.4. The number of unbranched alkanes of at least 4 members (excludes halogenated alkanes) is 1. The highest BCUT2D eigenvalue weighted by Crippen LogP contribution is 2.07. The number of hydrogen-bond donors (Lipinski definition) is 2. The molecule has 1 heterocycles. The SMILES string of the molecule is CN=C(NCCCCN1CCCC1)NCc1cccc(F)c1. The van der Waals surface area contributed by atoms with Gasteiger partial charge in [0.05, 0.1) is 0 Å². The molecule has 0 aromatic heterocycles. The third-order valence-corrected chi connectivity index (χ3v) is 3.96. The van der Waals surface area contributed by atoms with Gasteiger partial charge < -0.3 is 15.5 Å². The first-order valence-electron chi connectivity index (χ1n) is 8.19. The van der Waals surface area contributed by atoms with Crippen LogP contribution in [0.2, 0.25) is 0 Å². The first kappa shape index (κ1) is 16.7. The van der Waals surface area contributed by atoms with Crippen LogP contribution in [-0.2, 0) is 6.54 Å².